The minimum absolute atomic E-state index is 0.114. The van der Waals surface area contributed by atoms with Crippen LogP contribution in [0.4, 0.5) is 5.82 Å². The lowest BCUT2D eigenvalue weighted by atomic mass is 9.86. The maximum absolute atomic E-state index is 12.2. The fraction of sp³-hybridized carbons (Fsp3) is 0.692. The summed E-state index contributed by atoms with van der Waals surface area (Å²) in [5, 5.41) is 13.1. The Labute approximate surface area is 107 Å². The molecule has 1 fully saturated rings. The van der Waals surface area contributed by atoms with Crippen LogP contribution in [0.15, 0.2) is 17.2 Å². The third-order valence-electron chi connectivity index (χ3n) is 3.77. The normalized spacial score (nSPS) is 16.7. The predicted molar refractivity (Wildman–Crippen MR) is 70.8 cm³/mol. The van der Waals surface area contributed by atoms with Gasteiger partial charge in [0, 0.05) is 18.4 Å². The molecule has 1 aliphatic carbocycles. The van der Waals surface area contributed by atoms with Gasteiger partial charge in [-0.15, -0.1) is 0 Å². The zero-order chi connectivity index (χ0) is 13.6. The molecule has 1 aliphatic rings. The first-order valence-electron chi connectivity index (χ1n) is 6.30. The monoisotopic (exact) mass is 251 g/mol. The van der Waals surface area contributed by atoms with Gasteiger partial charge < -0.3 is 15.0 Å². The van der Waals surface area contributed by atoms with Gasteiger partial charge in [-0.2, -0.15) is 0 Å². The zero-order valence-electron chi connectivity index (χ0n) is 11.4. The van der Waals surface area contributed by atoms with E-state index in [0.29, 0.717) is 11.9 Å². The highest BCUT2D eigenvalue weighted by molar-refractivity contribution is 5.36. The second-order valence-corrected chi connectivity index (χ2v) is 6.03. The number of aliphatic hydroxyl groups is 1. The van der Waals surface area contributed by atoms with E-state index < -0.39 is 11.1 Å². The first-order chi connectivity index (χ1) is 8.22. The zero-order valence-corrected chi connectivity index (χ0v) is 11.4. The smallest absolute Gasteiger partial charge is 0.293 e. The molecule has 2 N–H and O–H groups in total. The van der Waals surface area contributed by atoms with E-state index in [4.69, 9.17) is 0 Å². The third kappa shape index (κ3) is 2.41. The molecule has 5 heteroatoms. The molecule has 0 bridgehead atoms. The van der Waals surface area contributed by atoms with Crippen LogP contribution in [0.1, 0.15) is 46.6 Å². The topological polar surface area (TPSA) is 67.2 Å². The Hall–Kier alpha value is -1.36. The van der Waals surface area contributed by atoms with E-state index in [9.17, 15) is 9.90 Å². The third-order valence-corrected chi connectivity index (χ3v) is 3.77. The average molecular weight is 251 g/mol. The molecule has 0 amide bonds. The minimum Gasteiger partial charge on any atom is -0.388 e. The highest BCUT2D eigenvalue weighted by Gasteiger charge is 2.36. The molecule has 1 heterocycles. The highest BCUT2D eigenvalue weighted by Crippen LogP contribution is 2.33. The summed E-state index contributed by atoms with van der Waals surface area (Å²) < 4.78 is 1.72. The molecular formula is C13H21N3O2. The van der Waals surface area contributed by atoms with Gasteiger partial charge in [0.15, 0.2) is 5.82 Å². The quantitative estimate of drug-likeness (QED) is 0.851. The average Bonchev–Trinajstić information content (AvgIpc) is 3.02. The molecule has 100 valence electrons. The van der Waals surface area contributed by atoms with E-state index in [1.165, 1.54) is 0 Å². The van der Waals surface area contributed by atoms with Crippen molar-refractivity contribution in [2.75, 3.05) is 5.32 Å². The summed E-state index contributed by atoms with van der Waals surface area (Å²) in [5.41, 5.74) is -1.71. The first-order valence-corrected chi connectivity index (χ1v) is 6.30. The van der Waals surface area contributed by atoms with Crippen LogP contribution in [-0.4, -0.2) is 25.8 Å². The van der Waals surface area contributed by atoms with Gasteiger partial charge in [0.05, 0.1) is 11.1 Å². The van der Waals surface area contributed by atoms with Crippen molar-refractivity contribution >= 4 is 5.82 Å². The molecule has 0 unspecified atom stereocenters. The summed E-state index contributed by atoms with van der Waals surface area (Å²) in [6.07, 6.45) is 5.46. The van der Waals surface area contributed by atoms with Crippen LogP contribution >= 0.6 is 0 Å². The molecule has 0 spiro atoms. The van der Waals surface area contributed by atoms with E-state index in [-0.39, 0.29) is 5.56 Å². The standard InChI is InChI=1S/C13H21N3O2/c1-12(2,13(3,4)18)15-10-11(17)16(8-7-14-10)9-5-6-9/h7-9,18H,5-6H2,1-4H3,(H,14,15). The molecule has 5 nitrogen and oxygen atoms in total. The maximum atomic E-state index is 12.2. The van der Waals surface area contributed by atoms with Gasteiger partial charge >= 0.3 is 0 Å². The van der Waals surface area contributed by atoms with E-state index in [2.05, 4.69) is 10.3 Å². The van der Waals surface area contributed by atoms with Gasteiger partial charge in [-0.25, -0.2) is 4.98 Å². The van der Waals surface area contributed by atoms with Crippen molar-refractivity contribution in [1.29, 1.82) is 0 Å². The molecule has 0 aliphatic heterocycles. The van der Waals surface area contributed by atoms with Crippen molar-refractivity contribution in [3.8, 4) is 0 Å². The number of aromatic nitrogens is 2. The Kier molecular flexibility index (Phi) is 2.97. The lowest BCUT2D eigenvalue weighted by molar-refractivity contribution is 0.0238. The number of hydrogen-bond donors (Lipinski definition) is 2. The van der Waals surface area contributed by atoms with Gasteiger partial charge in [-0.3, -0.25) is 4.79 Å². The SMILES string of the molecule is CC(C)(O)C(C)(C)Nc1nccn(C2CC2)c1=O. The minimum atomic E-state index is -0.957. The van der Waals surface area contributed by atoms with Crippen LogP contribution < -0.4 is 10.9 Å². The van der Waals surface area contributed by atoms with Crippen LogP contribution in [0, 0.1) is 0 Å². The van der Waals surface area contributed by atoms with Crippen LogP contribution in [-0.2, 0) is 0 Å². The molecule has 1 aromatic rings. The lowest BCUT2D eigenvalue weighted by Crippen LogP contribution is -2.52. The number of hydrogen-bond acceptors (Lipinski definition) is 4. The van der Waals surface area contributed by atoms with Gasteiger partial charge in [0.2, 0.25) is 0 Å². The van der Waals surface area contributed by atoms with Crippen molar-refractivity contribution in [2.24, 2.45) is 0 Å². The highest BCUT2D eigenvalue weighted by atomic mass is 16.3. The summed E-state index contributed by atoms with van der Waals surface area (Å²) in [6.45, 7) is 7.12. The fourth-order valence-corrected chi connectivity index (χ4v) is 1.60. The molecule has 1 saturated carbocycles. The lowest BCUT2D eigenvalue weighted by Gasteiger charge is -2.38. The molecule has 0 saturated heterocycles. The fourth-order valence-electron chi connectivity index (χ4n) is 1.60. The summed E-state index contributed by atoms with van der Waals surface area (Å²) in [7, 11) is 0. The molecule has 2 rings (SSSR count). The van der Waals surface area contributed by atoms with E-state index in [0.717, 1.165) is 12.8 Å². The maximum Gasteiger partial charge on any atom is 0.293 e. The molecule has 1 aromatic heterocycles. The molecule has 0 radical (unpaired) electrons. The number of nitrogens with one attached hydrogen (secondary N) is 1. The second-order valence-electron chi connectivity index (χ2n) is 6.03. The van der Waals surface area contributed by atoms with Gasteiger partial charge in [0.1, 0.15) is 0 Å². The van der Waals surface area contributed by atoms with E-state index >= 15 is 0 Å². The van der Waals surface area contributed by atoms with Crippen LogP contribution in [0.5, 0.6) is 0 Å². The number of anilines is 1. The van der Waals surface area contributed by atoms with Crippen molar-refractivity contribution < 1.29 is 5.11 Å². The Morgan fingerprint density at radius 2 is 2.00 bits per heavy atom. The Morgan fingerprint density at radius 1 is 1.39 bits per heavy atom. The summed E-state index contributed by atoms with van der Waals surface area (Å²) in [5.74, 6) is 0.302. The van der Waals surface area contributed by atoms with E-state index in [1.807, 2.05) is 13.8 Å². The summed E-state index contributed by atoms with van der Waals surface area (Å²) in [4.78, 5) is 16.3. The van der Waals surface area contributed by atoms with Crippen molar-refractivity contribution in [2.45, 2.75) is 57.7 Å². The van der Waals surface area contributed by atoms with Crippen molar-refractivity contribution in [1.82, 2.24) is 9.55 Å². The van der Waals surface area contributed by atoms with Gasteiger partial charge in [0.25, 0.3) is 5.56 Å². The Balaban J connectivity index is 2.30. The van der Waals surface area contributed by atoms with Crippen molar-refractivity contribution in [3.63, 3.8) is 0 Å². The summed E-state index contributed by atoms with van der Waals surface area (Å²) in [6, 6.07) is 0.325. The number of nitrogens with zero attached hydrogens (tertiary/aromatic N) is 2. The van der Waals surface area contributed by atoms with Crippen LogP contribution in [0.25, 0.3) is 0 Å². The Bertz CT molecular complexity index is 496. The summed E-state index contributed by atoms with van der Waals surface area (Å²) >= 11 is 0. The molecule has 0 aromatic carbocycles. The molecule has 18 heavy (non-hydrogen) atoms. The second kappa shape index (κ2) is 4.09. The van der Waals surface area contributed by atoms with Crippen LogP contribution in [0.3, 0.4) is 0 Å². The predicted octanol–water partition coefficient (Wildman–Crippen LogP) is 1.54. The van der Waals surface area contributed by atoms with Gasteiger partial charge in [-0.05, 0) is 40.5 Å². The Morgan fingerprint density at radius 3 is 2.50 bits per heavy atom. The van der Waals surface area contributed by atoms with Crippen molar-refractivity contribution in [3.05, 3.63) is 22.7 Å². The molecular weight excluding hydrogens is 230 g/mol. The first kappa shape index (κ1) is 13.1. The number of rotatable bonds is 4. The molecule has 0 atom stereocenters. The van der Waals surface area contributed by atoms with Gasteiger partial charge in [-0.1, -0.05) is 0 Å². The van der Waals surface area contributed by atoms with E-state index in [1.54, 1.807) is 30.8 Å². The van der Waals surface area contributed by atoms with Crippen LogP contribution in [0.2, 0.25) is 0 Å². The largest absolute Gasteiger partial charge is 0.388 e.